The lowest BCUT2D eigenvalue weighted by Crippen LogP contribution is -2.13. The number of aromatic nitrogens is 1. The minimum atomic E-state index is -1.58. The zero-order chi connectivity index (χ0) is 20.3. The second-order valence-corrected chi connectivity index (χ2v) is 6.17. The van der Waals surface area contributed by atoms with Gasteiger partial charge in [0.25, 0.3) is 5.91 Å². The first-order chi connectivity index (χ1) is 13.3. The van der Waals surface area contributed by atoms with Gasteiger partial charge >= 0.3 is 0 Å². The van der Waals surface area contributed by atoms with Gasteiger partial charge in [0.15, 0.2) is 17.5 Å². The molecule has 0 fully saturated rings. The Bertz CT molecular complexity index is 1010. The standard InChI is InChI=1S/C20H17F3N4O/c1-27(2)14-5-3-13(4-6-14)25-20(28)12-9-10-24-17(11-12)26-16-8-7-15(21)18(22)19(16)23/h3-11H,1-2H3,(H,24,26)(H,25,28). The molecule has 1 aromatic heterocycles. The molecule has 8 heteroatoms. The van der Waals surface area contributed by atoms with Crippen LogP contribution in [0.25, 0.3) is 0 Å². The number of benzene rings is 2. The fraction of sp³-hybridized carbons (Fsp3) is 0.100. The van der Waals surface area contributed by atoms with Crippen LogP contribution >= 0.6 is 0 Å². The average Bonchev–Trinajstić information content (AvgIpc) is 2.69. The van der Waals surface area contributed by atoms with Gasteiger partial charge in [-0.2, -0.15) is 0 Å². The topological polar surface area (TPSA) is 57.3 Å². The fourth-order valence-electron chi connectivity index (χ4n) is 2.45. The molecule has 1 heterocycles. The van der Waals surface area contributed by atoms with Crippen molar-refractivity contribution in [3.63, 3.8) is 0 Å². The van der Waals surface area contributed by atoms with Crippen molar-refractivity contribution in [2.75, 3.05) is 29.6 Å². The predicted molar refractivity (Wildman–Crippen MR) is 103 cm³/mol. The molecule has 0 aliphatic heterocycles. The van der Waals surface area contributed by atoms with Gasteiger partial charge in [-0.05, 0) is 48.5 Å². The molecule has 2 aromatic carbocycles. The minimum Gasteiger partial charge on any atom is -0.378 e. The molecular formula is C20H17F3N4O. The largest absolute Gasteiger partial charge is 0.378 e. The van der Waals surface area contributed by atoms with E-state index in [-0.39, 0.29) is 17.1 Å². The first-order valence-electron chi connectivity index (χ1n) is 8.30. The van der Waals surface area contributed by atoms with Crippen LogP contribution in [0.5, 0.6) is 0 Å². The molecule has 0 spiro atoms. The molecule has 1 amide bonds. The second-order valence-electron chi connectivity index (χ2n) is 6.17. The van der Waals surface area contributed by atoms with E-state index in [0.717, 1.165) is 17.8 Å². The number of anilines is 4. The highest BCUT2D eigenvalue weighted by Crippen LogP contribution is 2.23. The molecule has 3 aromatic rings. The van der Waals surface area contributed by atoms with Gasteiger partial charge in [-0.25, -0.2) is 18.2 Å². The molecule has 28 heavy (non-hydrogen) atoms. The molecule has 0 aliphatic carbocycles. The monoisotopic (exact) mass is 386 g/mol. The summed E-state index contributed by atoms with van der Waals surface area (Å²) in [5.41, 5.74) is 1.57. The van der Waals surface area contributed by atoms with Crippen LogP contribution in [0.2, 0.25) is 0 Å². The van der Waals surface area contributed by atoms with Crippen molar-refractivity contribution >= 4 is 28.8 Å². The maximum absolute atomic E-state index is 13.8. The van der Waals surface area contributed by atoms with Crippen LogP contribution in [0, 0.1) is 17.5 Å². The maximum Gasteiger partial charge on any atom is 0.255 e. The summed E-state index contributed by atoms with van der Waals surface area (Å²) in [6.45, 7) is 0. The van der Waals surface area contributed by atoms with Crippen molar-refractivity contribution in [3.05, 3.63) is 77.7 Å². The van der Waals surface area contributed by atoms with Crippen molar-refractivity contribution in [1.82, 2.24) is 4.98 Å². The molecular weight excluding hydrogens is 369 g/mol. The molecule has 0 atom stereocenters. The second kappa shape index (κ2) is 7.99. The lowest BCUT2D eigenvalue weighted by atomic mass is 10.2. The van der Waals surface area contributed by atoms with Crippen LogP contribution in [0.4, 0.5) is 36.1 Å². The molecule has 2 N–H and O–H groups in total. The van der Waals surface area contributed by atoms with Crippen molar-refractivity contribution in [1.29, 1.82) is 0 Å². The van der Waals surface area contributed by atoms with Gasteiger partial charge < -0.3 is 15.5 Å². The summed E-state index contributed by atoms with van der Waals surface area (Å²) in [4.78, 5) is 18.3. The third kappa shape index (κ3) is 4.22. The Labute approximate surface area is 159 Å². The SMILES string of the molecule is CN(C)c1ccc(NC(=O)c2ccnc(Nc3ccc(F)c(F)c3F)c2)cc1. The quantitative estimate of drug-likeness (QED) is 0.631. The smallest absolute Gasteiger partial charge is 0.255 e. The summed E-state index contributed by atoms with van der Waals surface area (Å²) in [6, 6.07) is 12.0. The Hall–Kier alpha value is -3.55. The Morgan fingerprint density at radius 2 is 1.68 bits per heavy atom. The Morgan fingerprint density at radius 3 is 2.36 bits per heavy atom. The Morgan fingerprint density at radius 1 is 0.964 bits per heavy atom. The Kier molecular flexibility index (Phi) is 5.49. The highest BCUT2D eigenvalue weighted by Gasteiger charge is 2.14. The van der Waals surface area contributed by atoms with E-state index in [9.17, 15) is 18.0 Å². The van der Waals surface area contributed by atoms with E-state index in [1.54, 1.807) is 12.1 Å². The summed E-state index contributed by atoms with van der Waals surface area (Å²) >= 11 is 0. The van der Waals surface area contributed by atoms with Gasteiger partial charge in [0.05, 0.1) is 5.69 Å². The molecule has 3 rings (SSSR count). The number of carbonyl (C=O) groups is 1. The van der Waals surface area contributed by atoms with Crippen molar-refractivity contribution in [3.8, 4) is 0 Å². The van der Waals surface area contributed by atoms with E-state index in [1.165, 1.54) is 18.3 Å². The molecule has 0 bridgehead atoms. The zero-order valence-electron chi connectivity index (χ0n) is 15.1. The van der Waals surface area contributed by atoms with Gasteiger partial charge in [-0.15, -0.1) is 0 Å². The number of halogens is 3. The number of hydrogen-bond acceptors (Lipinski definition) is 4. The first kappa shape index (κ1) is 19.2. The summed E-state index contributed by atoms with van der Waals surface area (Å²) in [6.07, 6.45) is 1.35. The van der Waals surface area contributed by atoms with Crippen LogP contribution in [-0.4, -0.2) is 25.0 Å². The van der Waals surface area contributed by atoms with E-state index in [0.29, 0.717) is 5.69 Å². The number of amides is 1. The maximum atomic E-state index is 13.8. The molecule has 0 unspecified atom stereocenters. The van der Waals surface area contributed by atoms with E-state index in [1.807, 2.05) is 31.1 Å². The normalized spacial score (nSPS) is 10.5. The fourth-order valence-corrected chi connectivity index (χ4v) is 2.45. The third-order valence-corrected chi connectivity index (χ3v) is 3.96. The molecule has 0 saturated heterocycles. The molecule has 5 nitrogen and oxygen atoms in total. The minimum absolute atomic E-state index is 0.112. The highest BCUT2D eigenvalue weighted by atomic mass is 19.2. The number of hydrogen-bond donors (Lipinski definition) is 2. The highest BCUT2D eigenvalue weighted by molar-refractivity contribution is 6.04. The van der Waals surface area contributed by atoms with Gasteiger partial charge in [-0.1, -0.05) is 0 Å². The lowest BCUT2D eigenvalue weighted by Gasteiger charge is -2.13. The average molecular weight is 386 g/mol. The van der Waals surface area contributed by atoms with Gasteiger partial charge in [0, 0.05) is 37.2 Å². The van der Waals surface area contributed by atoms with Crippen molar-refractivity contribution < 1.29 is 18.0 Å². The number of carbonyl (C=O) groups excluding carboxylic acids is 1. The molecule has 144 valence electrons. The van der Waals surface area contributed by atoms with E-state index in [4.69, 9.17) is 0 Å². The summed E-state index contributed by atoms with van der Waals surface area (Å²) < 4.78 is 40.2. The van der Waals surface area contributed by atoms with Crippen LogP contribution in [-0.2, 0) is 0 Å². The van der Waals surface area contributed by atoms with Gasteiger partial charge in [0.2, 0.25) is 0 Å². The number of pyridine rings is 1. The van der Waals surface area contributed by atoms with Crippen LogP contribution < -0.4 is 15.5 Å². The van der Waals surface area contributed by atoms with Gasteiger partial charge in [0.1, 0.15) is 5.82 Å². The van der Waals surface area contributed by atoms with E-state index < -0.39 is 23.4 Å². The number of nitrogens with one attached hydrogen (secondary N) is 2. The summed E-state index contributed by atoms with van der Waals surface area (Å²) in [5, 5.41) is 5.29. The Balaban J connectivity index is 1.75. The third-order valence-electron chi connectivity index (χ3n) is 3.96. The van der Waals surface area contributed by atoms with Crippen LogP contribution in [0.15, 0.2) is 54.7 Å². The van der Waals surface area contributed by atoms with E-state index >= 15 is 0 Å². The van der Waals surface area contributed by atoms with Crippen LogP contribution in [0.1, 0.15) is 10.4 Å². The molecule has 0 radical (unpaired) electrons. The zero-order valence-corrected chi connectivity index (χ0v) is 15.1. The van der Waals surface area contributed by atoms with Crippen LogP contribution in [0.3, 0.4) is 0 Å². The lowest BCUT2D eigenvalue weighted by molar-refractivity contribution is 0.102. The number of rotatable bonds is 5. The summed E-state index contributed by atoms with van der Waals surface area (Å²) in [7, 11) is 3.82. The van der Waals surface area contributed by atoms with Gasteiger partial charge in [-0.3, -0.25) is 4.79 Å². The first-order valence-corrected chi connectivity index (χ1v) is 8.30. The summed E-state index contributed by atoms with van der Waals surface area (Å²) in [5.74, 6) is -4.52. The predicted octanol–water partition coefficient (Wildman–Crippen LogP) is 4.56. The van der Waals surface area contributed by atoms with Crippen molar-refractivity contribution in [2.24, 2.45) is 0 Å². The number of nitrogens with zero attached hydrogens (tertiary/aromatic N) is 2. The molecule has 0 saturated carbocycles. The molecule has 0 aliphatic rings. The van der Waals surface area contributed by atoms with E-state index in [2.05, 4.69) is 15.6 Å². The van der Waals surface area contributed by atoms with Crippen molar-refractivity contribution in [2.45, 2.75) is 0 Å².